The van der Waals surface area contributed by atoms with Crippen molar-refractivity contribution in [2.75, 3.05) is 6.54 Å². The SMILES string of the molecule is O=C(CCn1c(=O)oc2cc(Cl)ccc21)NCC1(c2ccccc2)CCC1. The molecule has 1 N–H and O–H groups in total. The lowest BCUT2D eigenvalue weighted by atomic mass is 9.64. The Hall–Kier alpha value is -2.53. The van der Waals surface area contributed by atoms with E-state index in [0.717, 1.165) is 12.8 Å². The summed E-state index contributed by atoms with van der Waals surface area (Å²) in [5, 5.41) is 3.56. The molecule has 4 rings (SSSR count). The Morgan fingerprint density at radius 1 is 1.19 bits per heavy atom. The monoisotopic (exact) mass is 384 g/mol. The van der Waals surface area contributed by atoms with E-state index in [-0.39, 0.29) is 24.3 Å². The van der Waals surface area contributed by atoms with Crippen LogP contribution in [0.1, 0.15) is 31.2 Å². The van der Waals surface area contributed by atoms with Crippen molar-refractivity contribution in [1.29, 1.82) is 0 Å². The molecule has 2 aromatic carbocycles. The summed E-state index contributed by atoms with van der Waals surface area (Å²) >= 11 is 5.93. The predicted octanol–water partition coefficient (Wildman–Crippen LogP) is 3.88. The molecule has 1 aromatic heterocycles. The van der Waals surface area contributed by atoms with Crippen LogP contribution in [0.4, 0.5) is 0 Å². The van der Waals surface area contributed by atoms with Gasteiger partial charge in [-0.2, -0.15) is 0 Å². The molecule has 1 heterocycles. The number of hydrogen-bond donors (Lipinski definition) is 1. The zero-order valence-corrected chi connectivity index (χ0v) is 15.7. The van der Waals surface area contributed by atoms with Crippen LogP contribution in [0.2, 0.25) is 5.02 Å². The van der Waals surface area contributed by atoms with Crippen LogP contribution in [-0.2, 0) is 16.8 Å². The van der Waals surface area contributed by atoms with Crippen molar-refractivity contribution in [1.82, 2.24) is 9.88 Å². The van der Waals surface area contributed by atoms with E-state index in [2.05, 4.69) is 17.4 Å². The van der Waals surface area contributed by atoms with Gasteiger partial charge in [0.15, 0.2) is 5.58 Å². The predicted molar refractivity (Wildman–Crippen MR) is 105 cm³/mol. The van der Waals surface area contributed by atoms with Gasteiger partial charge in [0.2, 0.25) is 5.91 Å². The molecule has 140 valence electrons. The molecular weight excluding hydrogens is 364 g/mol. The van der Waals surface area contributed by atoms with Crippen LogP contribution >= 0.6 is 11.6 Å². The topological polar surface area (TPSA) is 64.2 Å². The summed E-state index contributed by atoms with van der Waals surface area (Å²) in [4.78, 5) is 24.4. The van der Waals surface area contributed by atoms with Crippen LogP contribution in [-0.4, -0.2) is 17.0 Å². The minimum Gasteiger partial charge on any atom is -0.408 e. The smallest absolute Gasteiger partial charge is 0.408 e. The first-order valence-electron chi connectivity index (χ1n) is 9.19. The Morgan fingerprint density at radius 3 is 2.67 bits per heavy atom. The molecule has 1 aliphatic rings. The highest BCUT2D eigenvalue weighted by molar-refractivity contribution is 6.31. The van der Waals surface area contributed by atoms with Crippen molar-refractivity contribution >= 4 is 28.6 Å². The molecule has 5 nitrogen and oxygen atoms in total. The number of benzene rings is 2. The van der Waals surface area contributed by atoms with Gasteiger partial charge >= 0.3 is 5.76 Å². The number of halogens is 1. The van der Waals surface area contributed by atoms with Crippen molar-refractivity contribution in [2.24, 2.45) is 0 Å². The number of nitrogens with zero attached hydrogens (tertiary/aromatic N) is 1. The van der Waals surface area contributed by atoms with Crippen molar-refractivity contribution in [3.05, 3.63) is 69.7 Å². The first-order valence-corrected chi connectivity index (χ1v) is 9.56. The summed E-state index contributed by atoms with van der Waals surface area (Å²) in [6, 6.07) is 15.4. The number of carbonyl (C=O) groups is 1. The molecule has 1 aliphatic carbocycles. The fourth-order valence-electron chi connectivity index (χ4n) is 3.78. The Kier molecular flexibility index (Phi) is 4.79. The van der Waals surface area contributed by atoms with E-state index >= 15 is 0 Å². The van der Waals surface area contributed by atoms with Gasteiger partial charge in [-0.25, -0.2) is 4.79 Å². The van der Waals surface area contributed by atoms with Crippen LogP contribution in [0.15, 0.2) is 57.7 Å². The Bertz CT molecular complexity index is 1020. The number of amides is 1. The van der Waals surface area contributed by atoms with Crippen molar-refractivity contribution in [3.63, 3.8) is 0 Å². The highest BCUT2D eigenvalue weighted by atomic mass is 35.5. The molecule has 0 saturated heterocycles. The summed E-state index contributed by atoms with van der Waals surface area (Å²) < 4.78 is 6.68. The van der Waals surface area contributed by atoms with Gasteiger partial charge in [0, 0.05) is 36.0 Å². The van der Waals surface area contributed by atoms with Crippen molar-refractivity contribution in [2.45, 2.75) is 37.6 Å². The maximum absolute atomic E-state index is 12.4. The van der Waals surface area contributed by atoms with E-state index in [1.807, 2.05) is 18.2 Å². The third-order valence-electron chi connectivity index (χ3n) is 5.51. The molecule has 0 unspecified atom stereocenters. The second-order valence-corrected chi connectivity index (χ2v) is 7.59. The van der Waals surface area contributed by atoms with Gasteiger partial charge in [-0.15, -0.1) is 0 Å². The van der Waals surface area contributed by atoms with Gasteiger partial charge < -0.3 is 9.73 Å². The summed E-state index contributed by atoms with van der Waals surface area (Å²) in [5.41, 5.74) is 2.42. The standard InChI is InChI=1S/C21H21ClN2O3/c22-16-7-8-17-18(13-16)27-20(26)24(17)12-9-19(25)23-14-21(10-4-11-21)15-5-2-1-3-6-15/h1-3,5-8,13H,4,9-12,14H2,(H,23,25). The largest absolute Gasteiger partial charge is 0.419 e. The summed E-state index contributed by atoms with van der Waals surface area (Å²) in [6.07, 6.45) is 3.58. The Morgan fingerprint density at radius 2 is 1.96 bits per heavy atom. The maximum Gasteiger partial charge on any atom is 0.419 e. The number of nitrogens with one attached hydrogen (secondary N) is 1. The number of carbonyl (C=O) groups excluding carboxylic acids is 1. The molecule has 0 atom stereocenters. The van der Waals surface area contributed by atoms with E-state index in [0.29, 0.717) is 22.7 Å². The van der Waals surface area contributed by atoms with Crippen LogP contribution in [0.25, 0.3) is 11.1 Å². The van der Waals surface area contributed by atoms with E-state index < -0.39 is 5.76 Å². The molecule has 3 aromatic rings. The van der Waals surface area contributed by atoms with Gasteiger partial charge in [0.05, 0.1) is 5.52 Å². The van der Waals surface area contributed by atoms with Crippen LogP contribution < -0.4 is 11.1 Å². The minimum atomic E-state index is -0.472. The van der Waals surface area contributed by atoms with E-state index in [9.17, 15) is 9.59 Å². The average Bonchev–Trinajstić information content (AvgIpc) is 2.94. The minimum absolute atomic E-state index is 0.0485. The van der Waals surface area contributed by atoms with E-state index in [4.69, 9.17) is 16.0 Å². The zero-order valence-electron chi connectivity index (χ0n) is 14.9. The quantitative estimate of drug-likeness (QED) is 0.701. The molecular formula is C21H21ClN2O3. The zero-order chi connectivity index (χ0) is 18.9. The third kappa shape index (κ3) is 3.52. The number of oxazole rings is 1. The molecule has 0 radical (unpaired) electrons. The molecule has 1 fully saturated rings. The van der Waals surface area contributed by atoms with Crippen molar-refractivity contribution < 1.29 is 9.21 Å². The highest BCUT2D eigenvalue weighted by Crippen LogP contribution is 2.43. The normalized spacial score (nSPS) is 15.4. The third-order valence-corrected chi connectivity index (χ3v) is 5.75. The average molecular weight is 385 g/mol. The lowest BCUT2D eigenvalue weighted by molar-refractivity contribution is -0.121. The molecule has 0 bridgehead atoms. The summed E-state index contributed by atoms with van der Waals surface area (Å²) in [5.74, 6) is -0.535. The Labute approximate surface area is 161 Å². The van der Waals surface area contributed by atoms with Gasteiger partial charge in [0.25, 0.3) is 0 Å². The molecule has 0 spiro atoms. The lowest BCUT2D eigenvalue weighted by Gasteiger charge is -2.42. The molecule has 1 saturated carbocycles. The Balaban J connectivity index is 1.39. The maximum atomic E-state index is 12.4. The molecule has 6 heteroatoms. The number of rotatable bonds is 6. The first-order chi connectivity index (χ1) is 13.1. The van der Waals surface area contributed by atoms with Crippen LogP contribution in [0.5, 0.6) is 0 Å². The number of aromatic nitrogens is 1. The lowest BCUT2D eigenvalue weighted by Crippen LogP contribution is -2.45. The van der Waals surface area contributed by atoms with Gasteiger partial charge in [-0.05, 0) is 30.5 Å². The first kappa shape index (κ1) is 17.9. The summed E-state index contributed by atoms with van der Waals surface area (Å²) in [7, 11) is 0. The number of hydrogen-bond acceptors (Lipinski definition) is 3. The van der Waals surface area contributed by atoms with Crippen LogP contribution in [0.3, 0.4) is 0 Å². The second-order valence-electron chi connectivity index (χ2n) is 7.16. The molecule has 0 aliphatic heterocycles. The second kappa shape index (κ2) is 7.24. The number of fused-ring (bicyclic) bond motifs is 1. The van der Waals surface area contributed by atoms with E-state index in [1.54, 1.807) is 18.2 Å². The van der Waals surface area contributed by atoms with Gasteiger partial charge in [-0.3, -0.25) is 9.36 Å². The molecule has 27 heavy (non-hydrogen) atoms. The van der Waals surface area contributed by atoms with Crippen LogP contribution in [0, 0.1) is 0 Å². The van der Waals surface area contributed by atoms with Gasteiger partial charge in [0.1, 0.15) is 0 Å². The molecule has 1 amide bonds. The van der Waals surface area contributed by atoms with E-state index in [1.165, 1.54) is 16.6 Å². The fourth-order valence-corrected chi connectivity index (χ4v) is 3.95. The number of aryl methyl sites for hydroxylation is 1. The summed E-state index contributed by atoms with van der Waals surface area (Å²) in [6.45, 7) is 0.907. The van der Waals surface area contributed by atoms with Crippen molar-refractivity contribution in [3.8, 4) is 0 Å². The fraction of sp³-hybridized carbons (Fsp3) is 0.333. The highest BCUT2D eigenvalue weighted by Gasteiger charge is 2.38. The van der Waals surface area contributed by atoms with Gasteiger partial charge in [-0.1, -0.05) is 48.4 Å².